The van der Waals surface area contributed by atoms with Gasteiger partial charge in [0.1, 0.15) is 0 Å². The molecule has 1 fully saturated rings. The zero-order valence-electron chi connectivity index (χ0n) is 9.09. The minimum absolute atomic E-state index is 0.307. The summed E-state index contributed by atoms with van der Waals surface area (Å²) in [6, 6.07) is 0. The molecule has 1 rings (SSSR count). The van der Waals surface area contributed by atoms with Crippen molar-refractivity contribution in [3.8, 4) is 0 Å². The fraction of sp³-hybridized carbons (Fsp3) is 0.500. The minimum Gasteiger partial charge on any atom is -0.335 e. The van der Waals surface area contributed by atoms with Crippen LogP contribution in [0, 0.1) is 0 Å². The average molecular weight is 262 g/mol. The third kappa shape index (κ3) is 5.77. The minimum atomic E-state index is -0.825. The van der Waals surface area contributed by atoms with Crippen LogP contribution in [-0.2, 0) is 38.5 Å². The lowest BCUT2D eigenvalue weighted by Gasteiger charge is -2.08. The lowest BCUT2D eigenvalue weighted by atomic mass is 10.3. The van der Waals surface area contributed by atoms with Crippen LogP contribution in [0.3, 0.4) is 0 Å². The van der Waals surface area contributed by atoms with Gasteiger partial charge in [0.25, 0.3) is 0 Å². The van der Waals surface area contributed by atoms with Crippen molar-refractivity contribution >= 4 is 23.9 Å². The van der Waals surface area contributed by atoms with Gasteiger partial charge in [0, 0.05) is 11.3 Å². The third-order valence-electron chi connectivity index (χ3n) is 1.69. The summed E-state index contributed by atoms with van der Waals surface area (Å²) in [6.45, 7) is 0. The highest BCUT2D eigenvalue weighted by Crippen LogP contribution is 1.97. The lowest BCUT2D eigenvalue weighted by molar-refractivity contribution is -0.207. The van der Waals surface area contributed by atoms with E-state index in [9.17, 15) is 19.2 Å². The van der Waals surface area contributed by atoms with E-state index in [0.29, 0.717) is 0 Å². The standard InChI is InChI=1S/C8H10N2O8/c11-5-1-2-6(12)16-10-18-8(14)4-3-7(13)17-9-15-5/h9-10H,1-4H2. The molecule has 0 aliphatic carbocycles. The van der Waals surface area contributed by atoms with Crippen molar-refractivity contribution in [3.63, 3.8) is 0 Å². The first-order chi connectivity index (χ1) is 8.58. The van der Waals surface area contributed by atoms with Crippen LogP contribution in [0.2, 0.25) is 0 Å². The van der Waals surface area contributed by atoms with Crippen molar-refractivity contribution in [2.24, 2.45) is 0 Å². The van der Waals surface area contributed by atoms with Crippen LogP contribution in [0.4, 0.5) is 0 Å². The van der Waals surface area contributed by atoms with Gasteiger partial charge in [-0.1, -0.05) is 0 Å². The molecule has 2 N–H and O–H groups in total. The number of rotatable bonds is 0. The quantitative estimate of drug-likeness (QED) is 0.536. The lowest BCUT2D eigenvalue weighted by Crippen LogP contribution is -2.28. The van der Waals surface area contributed by atoms with E-state index in [0.717, 1.165) is 0 Å². The van der Waals surface area contributed by atoms with Gasteiger partial charge in [-0.25, -0.2) is 0 Å². The van der Waals surface area contributed by atoms with Crippen LogP contribution in [0.25, 0.3) is 0 Å². The Morgan fingerprint density at radius 2 is 0.778 bits per heavy atom. The molecule has 0 aromatic rings. The smallest absolute Gasteiger partial charge is 0.329 e. The molecule has 10 nitrogen and oxygen atoms in total. The van der Waals surface area contributed by atoms with Gasteiger partial charge in [0.2, 0.25) is 0 Å². The van der Waals surface area contributed by atoms with Crippen LogP contribution < -0.4 is 11.3 Å². The van der Waals surface area contributed by atoms with Crippen molar-refractivity contribution in [3.05, 3.63) is 0 Å². The first-order valence-electron chi connectivity index (χ1n) is 4.86. The SMILES string of the molecule is O=C1CCC(=O)ONOC(=O)CCC(=O)ONO1. The van der Waals surface area contributed by atoms with E-state index < -0.39 is 23.9 Å². The van der Waals surface area contributed by atoms with Crippen LogP contribution in [0.15, 0.2) is 0 Å². The van der Waals surface area contributed by atoms with Gasteiger partial charge >= 0.3 is 23.9 Å². The molecule has 1 saturated heterocycles. The Balaban J connectivity index is 2.46. The van der Waals surface area contributed by atoms with Gasteiger partial charge in [-0.05, 0) is 0 Å². The first kappa shape index (κ1) is 13.9. The summed E-state index contributed by atoms with van der Waals surface area (Å²) in [4.78, 5) is 60.9. The Morgan fingerprint density at radius 1 is 0.556 bits per heavy atom. The second-order valence-electron chi connectivity index (χ2n) is 3.06. The molecule has 100 valence electrons. The van der Waals surface area contributed by atoms with Crippen LogP contribution in [0.5, 0.6) is 0 Å². The molecule has 0 amide bonds. The summed E-state index contributed by atoms with van der Waals surface area (Å²) in [5, 5.41) is 0. The molecule has 0 unspecified atom stereocenters. The van der Waals surface area contributed by atoms with Gasteiger partial charge in [0.05, 0.1) is 25.7 Å². The summed E-state index contributed by atoms with van der Waals surface area (Å²) in [5.74, 6) is -3.30. The molecular formula is C8H10N2O8. The van der Waals surface area contributed by atoms with Crippen LogP contribution in [0.1, 0.15) is 25.7 Å². The number of carbonyl (C=O) groups is 4. The molecule has 1 aliphatic heterocycles. The largest absolute Gasteiger partial charge is 0.335 e. The Morgan fingerprint density at radius 3 is 1.00 bits per heavy atom. The van der Waals surface area contributed by atoms with Crippen molar-refractivity contribution in [1.29, 1.82) is 0 Å². The van der Waals surface area contributed by atoms with Crippen molar-refractivity contribution in [2.75, 3.05) is 0 Å². The highest BCUT2D eigenvalue weighted by atomic mass is 16.9. The zero-order chi connectivity index (χ0) is 13.4. The van der Waals surface area contributed by atoms with E-state index in [1.165, 1.54) is 0 Å². The second kappa shape index (κ2) is 7.19. The number of carbonyl (C=O) groups excluding carboxylic acids is 4. The fourth-order valence-corrected chi connectivity index (χ4v) is 0.840. The van der Waals surface area contributed by atoms with E-state index >= 15 is 0 Å². The first-order valence-corrected chi connectivity index (χ1v) is 4.86. The summed E-state index contributed by atoms with van der Waals surface area (Å²) in [5.41, 5.74) is 3.30. The normalized spacial score (nSPS) is 20.0. The third-order valence-corrected chi connectivity index (χ3v) is 1.69. The molecule has 0 bridgehead atoms. The molecule has 10 heteroatoms. The van der Waals surface area contributed by atoms with Crippen molar-refractivity contribution in [1.82, 2.24) is 11.3 Å². The molecule has 0 atom stereocenters. The molecule has 0 radical (unpaired) electrons. The highest BCUT2D eigenvalue weighted by Gasteiger charge is 2.14. The fourth-order valence-electron chi connectivity index (χ4n) is 0.840. The maximum absolute atomic E-state index is 11.0. The Hall–Kier alpha value is -2.20. The van der Waals surface area contributed by atoms with E-state index in [1.54, 1.807) is 11.3 Å². The molecule has 1 aliphatic rings. The van der Waals surface area contributed by atoms with Crippen LogP contribution >= 0.6 is 0 Å². The molecule has 0 aromatic heterocycles. The van der Waals surface area contributed by atoms with Crippen LogP contribution in [-0.4, -0.2) is 23.9 Å². The molecule has 0 aromatic carbocycles. The molecular weight excluding hydrogens is 252 g/mol. The van der Waals surface area contributed by atoms with Gasteiger partial charge in [0.15, 0.2) is 0 Å². The van der Waals surface area contributed by atoms with Gasteiger partial charge < -0.3 is 19.4 Å². The van der Waals surface area contributed by atoms with E-state index in [-0.39, 0.29) is 25.7 Å². The van der Waals surface area contributed by atoms with E-state index in [2.05, 4.69) is 19.4 Å². The second-order valence-corrected chi connectivity index (χ2v) is 3.06. The maximum atomic E-state index is 11.0. The van der Waals surface area contributed by atoms with E-state index in [4.69, 9.17) is 0 Å². The summed E-state index contributed by atoms with van der Waals surface area (Å²) in [6.07, 6.45) is -1.23. The number of hydrogen-bond acceptors (Lipinski definition) is 10. The molecule has 0 spiro atoms. The summed E-state index contributed by atoms with van der Waals surface area (Å²) < 4.78 is 0. The van der Waals surface area contributed by atoms with E-state index in [1.807, 2.05) is 0 Å². The Kier molecular flexibility index (Phi) is 5.54. The summed E-state index contributed by atoms with van der Waals surface area (Å²) in [7, 11) is 0. The predicted octanol–water partition coefficient (Wildman–Crippen LogP) is -1.43. The zero-order valence-corrected chi connectivity index (χ0v) is 9.09. The monoisotopic (exact) mass is 262 g/mol. The van der Waals surface area contributed by atoms with Gasteiger partial charge in [-0.3, -0.25) is 19.2 Å². The average Bonchev–Trinajstić information content (AvgIpc) is 2.33. The topological polar surface area (TPSA) is 129 Å². The summed E-state index contributed by atoms with van der Waals surface area (Å²) >= 11 is 0. The number of hydrogen-bond donors (Lipinski definition) is 2. The van der Waals surface area contributed by atoms with Gasteiger partial charge in [-0.15, -0.1) is 0 Å². The molecule has 18 heavy (non-hydrogen) atoms. The predicted molar refractivity (Wildman–Crippen MR) is 49.1 cm³/mol. The Labute approximate surface area is 100 Å². The van der Waals surface area contributed by atoms with Crippen molar-refractivity contribution in [2.45, 2.75) is 25.7 Å². The van der Waals surface area contributed by atoms with Gasteiger partial charge in [-0.2, -0.15) is 0 Å². The maximum Gasteiger partial charge on any atom is 0.329 e. The highest BCUT2D eigenvalue weighted by molar-refractivity contribution is 5.78. The number of nitrogens with one attached hydrogen (secondary N) is 2. The Bertz CT molecular complexity index is 289. The molecule has 1 heterocycles. The van der Waals surface area contributed by atoms with Crippen molar-refractivity contribution < 1.29 is 38.5 Å². The molecule has 0 saturated carbocycles.